The third-order valence-electron chi connectivity index (χ3n) is 2.62. The predicted octanol–water partition coefficient (Wildman–Crippen LogP) is -1.60. The lowest BCUT2D eigenvalue weighted by Gasteiger charge is -2.30. The monoisotopic (exact) mass is 234 g/mol. The van der Waals surface area contributed by atoms with Crippen LogP contribution in [-0.2, 0) is 9.53 Å². The van der Waals surface area contributed by atoms with Gasteiger partial charge in [0.1, 0.15) is 18.3 Å². The van der Waals surface area contributed by atoms with Gasteiger partial charge in [0.15, 0.2) is 5.78 Å². The molecule has 6 nitrogen and oxygen atoms in total. The molecule has 4 atom stereocenters. The second-order valence-corrected chi connectivity index (χ2v) is 5.05. The number of Topliss-reactive ketones (excluding diaryl/α,β-unsaturated/α-hetero) is 1. The topological polar surface area (TPSA) is 107 Å². The first-order valence-electron chi connectivity index (χ1n) is 5.06. The Kier molecular flexibility index (Phi) is 3.42. The van der Waals surface area contributed by atoms with Crippen molar-refractivity contribution >= 4 is 5.78 Å². The molecule has 1 fully saturated rings. The Morgan fingerprint density at radius 1 is 1.38 bits per heavy atom. The molecular formula is C10H18O6. The molecule has 0 aromatic carbocycles. The van der Waals surface area contributed by atoms with Gasteiger partial charge in [-0.2, -0.15) is 0 Å². The van der Waals surface area contributed by atoms with E-state index in [2.05, 4.69) is 0 Å². The summed E-state index contributed by atoms with van der Waals surface area (Å²) in [5.74, 6) is -3.19. The van der Waals surface area contributed by atoms with E-state index in [-0.39, 0.29) is 0 Å². The standard InChI is InChI=1S/C10H18O6/c1-9(2,3)8(14)10(15)7(13)6(12)5(4-11)16-10/h5-7,11-13,15H,4H2,1-3H3/t5-,6+,7-,10-/m0/s1. The molecule has 0 amide bonds. The normalized spacial score (nSPS) is 40.1. The van der Waals surface area contributed by atoms with Crippen LogP contribution in [0, 0.1) is 5.41 Å². The van der Waals surface area contributed by atoms with Gasteiger partial charge < -0.3 is 25.2 Å². The maximum atomic E-state index is 11.9. The van der Waals surface area contributed by atoms with Crippen molar-refractivity contribution in [1.29, 1.82) is 0 Å². The number of carbonyl (C=O) groups is 1. The summed E-state index contributed by atoms with van der Waals surface area (Å²) in [5, 5.41) is 37.9. The van der Waals surface area contributed by atoms with Crippen LogP contribution in [0.25, 0.3) is 0 Å². The van der Waals surface area contributed by atoms with Crippen LogP contribution in [0.3, 0.4) is 0 Å². The molecule has 0 aromatic heterocycles. The predicted molar refractivity (Wildman–Crippen MR) is 53.4 cm³/mol. The molecule has 1 aliphatic rings. The van der Waals surface area contributed by atoms with Gasteiger partial charge in [-0.3, -0.25) is 4.79 Å². The van der Waals surface area contributed by atoms with Crippen LogP contribution < -0.4 is 0 Å². The maximum Gasteiger partial charge on any atom is 0.257 e. The number of aliphatic hydroxyl groups excluding tert-OH is 3. The molecule has 0 bridgehead atoms. The average Bonchev–Trinajstić information content (AvgIpc) is 2.41. The lowest BCUT2D eigenvalue weighted by molar-refractivity contribution is -0.229. The first kappa shape index (κ1) is 13.5. The number of ether oxygens (including phenoxy) is 1. The fourth-order valence-electron chi connectivity index (χ4n) is 1.68. The molecule has 1 aliphatic heterocycles. The van der Waals surface area contributed by atoms with E-state index in [1.807, 2.05) is 0 Å². The Labute approximate surface area is 93.5 Å². The van der Waals surface area contributed by atoms with E-state index in [1.165, 1.54) is 0 Å². The summed E-state index contributed by atoms with van der Waals surface area (Å²) in [5.41, 5.74) is -0.931. The zero-order chi connectivity index (χ0) is 12.7. The van der Waals surface area contributed by atoms with Crippen LogP contribution in [-0.4, -0.2) is 56.9 Å². The lowest BCUT2D eigenvalue weighted by Crippen LogP contribution is -2.54. The number of aliphatic hydroxyl groups is 4. The minimum absolute atomic E-state index is 0.585. The summed E-state index contributed by atoms with van der Waals surface area (Å²) in [6.45, 7) is 4.09. The highest BCUT2D eigenvalue weighted by atomic mass is 16.7. The smallest absolute Gasteiger partial charge is 0.257 e. The molecule has 4 N–H and O–H groups in total. The van der Waals surface area contributed by atoms with E-state index in [9.17, 15) is 20.1 Å². The van der Waals surface area contributed by atoms with Crippen molar-refractivity contribution in [2.24, 2.45) is 5.41 Å². The van der Waals surface area contributed by atoms with Gasteiger partial charge in [0.05, 0.1) is 6.61 Å². The van der Waals surface area contributed by atoms with E-state index in [0.29, 0.717) is 0 Å². The Morgan fingerprint density at radius 3 is 2.19 bits per heavy atom. The molecule has 0 spiro atoms. The van der Waals surface area contributed by atoms with Gasteiger partial charge in [-0.25, -0.2) is 0 Å². The first-order valence-corrected chi connectivity index (χ1v) is 5.06. The van der Waals surface area contributed by atoms with Crippen molar-refractivity contribution in [2.45, 2.75) is 44.9 Å². The van der Waals surface area contributed by atoms with Crippen LogP contribution in [0.1, 0.15) is 20.8 Å². The van der Waals surface area contributed by atoms with Crippen molar-refractivity contribution in [2.75, 3.05) is 6.61 Å². The van der Waals surface area contributed by atoms with Gasteiger partial charge in [-0.15, -0.1) is 0 Å². The summed E-state index contributed by atoms with van der Waals surface area (Å²) in [4.78, 5) is 11.9. The average molecular weight is 234 g/mol. The Morgan fingerprint density at radius 2 is 1.88 bits per heavy atom. The molecule has 1 rings (SSSR count). The van der Waals surface area contributed by atoms with E-state index < -0.39 is 41.9 Å². The Balaban J connectivity index is 2.99. The second-order valence-electron chi connectivity index (χ2n) is 5.05. The van der Waals surface area contributed by atoms with Gasteiger partial charge in [0, 0.05) is 5.41 Å². The summed E-state index contributed by atoms with van der Waals surface area (Å²) >= 11 is 0. The fraction of sp³-hybridized carbons (Fsp3) is 0.900. The molecular weight excluding hydrogens is 216 g/mol. The van der Waals surface area contributed by atoms with E-state index >= 15 is 0 Å². The minimum atomic E-state index is -2.45. The lowest BCUT2D eigenvalue weighted by atomic mass is 9.83. The van der Waals surface area contributed by atoms with Crippen molar-refractivity contribution in [3.05, 3.63) is 0 Å². The molecule has 0 unspecified atom stereocenters. The van der Waals surface area contributed by atoms with Gasteiger partial charge in [0.25, 0.3) is 5.79 Å². The van der Waals surface area contributed by atoms with Gasteiger partial charge in [-0.1, -0.05) is 20.8 Å². The van der Waals surface area contributed by atoms with Crippen molar-refractivity contribution < 1.29 is 30.0 Å². The molecule has 1 saturated heterocycles. The minimum Gasteiger partial charge on any atom is -0.394 e. The zero-order valence-electron chi connectivity index (χ0n) is 9.54. The Bertz CT molecular complexity index is 284. The van der Waals surface area contributed by atoms with Crippen LogP contribution >= 0.6 is 0 Å². The highest BCUT2D eigenvalue weighted by Crippen LogP contribution is 2.35. The summed E-state index contributed by atoms with van der Waals surface area (Å²) in [6.07, 6.45) is -4.40. The van der Waals surface area contributed by atoms with Crippen LogP contribution in [0.2, 0.25) is 0 Å². The number of hydrogen-bond donors (Lipinski definition) is 4. The molecule has 0 saturated carbocycles. The largest absolute Gasteiger partial charge is 0.394 e. The third-order valence-corrected chi connectivity index (χ3v) is 2.62. The van der Waals surface area contributed by atoms with Crippen molar-refractivity contribution in [1.82, 2.24) is 0 Å². The van der Waals surface area contributed by atoms with Crippen molar-refractivity contribution in [3.8, 4) is 0 Å². The molecule has 6 heteroatoms. The molecule has 0 aliphatic carbocycles. The number of ketones is 1. The molecule has 16 heavy (non-hydrogen) atoms. The number of carbonyl (C=O) groups excluding carboxylic acids is 1. The van der Waals surface area contributed by atoms with Gasteiger partial charge in [-0.05, 0) is 0 Å². The highest BCUT2D eigenvalue weighted by Gasteiger charge is 2.59. The SMILES string of the molecule is CC(C)(C)C(=O)[C@@]1(O)O[C@@H](CO)[C@@H](O)[C@@H]1O. The Hall–Kier alpha value is -0.530. The highest BCUT2D eigenvalue weighted by molar-refractivity contribution is 5.91. The molecule has 94 valence electrons. The van der Waals surface area contributed by atoms with Crippen molar-refractivity contribution in [3.63, 3.8) is 0 Å². The van der Waals surface area contributed by atoms with Gasteiger partial charge in [0.2, 0.25) is 0 Å². The van der Waals surface area contributed by atoms with E-state index in [1.54, 1.807) is 20.8 Å². The zero-order valence-corrected chi connectivity index (χ0v) is 9.54. The number of rotatable bonds is 2. The molecule has 1 heterocycles. The van der Waals surface area contributed by atoms with E-state index in [4.69, 9.17) is 9.84 Å². The number of hydrogen-bond acceptors (Lipinski definition) is 6. The molecule has 0 aromatic rings. The fourth-order valence-corrected chi connectivity index (χ4v) is 1.68. The summed E-state index contributed by atoms with van der Waals surface area (Å²) in [6, 6.07) is 0. The third kappa shape index (κ3) is 1.99. The summed E-state index contributed by atoms with van der Waals surface area (Å²) < 4.78 is 4.87. The van der Waals surface area contributed by atoms with Gasteiger partial charge >= 0.3 is 0 Å². The maximum absolute atomic E-state index is 11.9. The first-order chi connectivity index (χ1) is 7.14. The summed E-state index contributed by atoms with van der Waals surface area (Å²) in [7, 11) is 0. The van der Waals surface area contributed by atoms with Crippen LogP contribution in [0.5, 0.6) is 0 Å². The quantitative estimate of drug-likeness (QED) is 0.458. The second kappa shape index (κ2) is 4.05. The molecule has 0 radical (unpaired) electrons. The van der Waals surface area contributed by atoms with Crippen LogP contribution in [0.4, 0.5) is 0 Å². The van der Waals surface area contributed by atoms with Crippen LogP contribution in [0.15, 0.2) is 0 Å². The van der Waals surface area contributed by atoms with E-state index in [0.717, 1.165) is 0 Å².